The maximum Gasteiger partial charge on any atom is 0.330 e. The Hall–Kier alpha value is -0.480. The van der Waals surface area contributed by atoms with E-state index in [0.29, 0.717) is 5.56 Å². The quantitative estimate of drug-likeness (QED) is 0.813. The van der Waals surface area contributed by atoms with Crippen molar-refractivity contribution in [3.63, 3.8) is 0 Å². The van der Waals surface area contributed by atoms with E-state index in [4.69, 9.17) is 0 Å². The van der Waals surface area contributed by atoms with Crippen molar-refractivity contribution in [3.05, 3.63) is 34.9 Å². The standard InChI is InChI=1S/C10H11BrF2O/c1-6-3-4-8(7(2)5-6)9(14)10(11,12)13/h3-5,9,14H,1-2H3. The van der Waals surface area contributed by atoms with Gasteiger partial charge in [-0.05, 0) is 40.9 Å². The van der Waals surface area contributed by atoms with Crippen LogP contribution in [0, 0.1) is 13.8 Å². The molecule has 0 aliphatic heterocycles. The van der Waals surface area contributed by atoms with Crippen LogP contribution in [0.4, 0.5) is 8.78 Å². The first-order valence-corrected chi connectivity index (χ1v) is 4.93. The van der Waals surface area contributed by atoms with Gasteiger partial charge in [0.2, 0.25) is 0 Å². The van der Waals surface area contributed by atoms with Crippen molar-refractivity contribution >= 4 is 15.9 Å². The van der Waals surface area contributed by atoms with Gasteiger partial charge in [-0.25, -0.2) is 0 Å². The van der Waals surface area contributed by atoms with Crippen molar-refractivity contribution in [2.45, 2.75) is 24.8 Å². The first kappa shape index (κ1) is 11.6. The summed E-state index contributed by atoms with van der Waals surface area (Å²) in [5.74, 6) is 0. The van der Waals surface area contributed by atoms with Gasteiger partial charge in [-0.2, -0.15) is 8.78 Å². The lowest BCUT2D eigenvalue weighted by Gasteiger charge is -2.18. The third kappa shape index (κ3) is 2.51. The maximum atomic E-state index is 12.7. The zero-order valence-corrected chi connectivity index (χ0v) is 9.48. The number of aryl methyl sites for hydroxylation is 2. The molecule has 1 aromatic rings. The van der Waals surface area contributed by atoms with E-state index in [-0.39, 0.29) is 5.56 Å². The number of halogens is 3. The summed E-state index contributed by atoms with van der Waals surface area (Å²) in [6.45, 7) is 3.57. The summed E-state index contributed by atoms with van der Waals surface area (Å²) >= 11 is 2.15. The molecular weight excluding hydrogens is 254 g/mol. The molecule has 1 N–H and O–H groups in total. The van der Waals surface area contributed by atoms with Crippen LogP contribution in [0.3, 0.4) is 0 Å². The summed E-state index contributed by atoms with van der Waals surface area (Å²) in [5, 5.41) is 9.33. The minimum absolute atomic E-state index is 0.248. The van der Waals surface area contributed by atoms with Crippen molar-refractivity contribution in [2.24, 2.45) is 0 Å². The van der Waals surface area contributed by atoms with Crippen LogP contribution in [0.2, 0.25) is 0 Å². The molecule has 0 radical (unpaired) electrons. The minimum Gasteiger partial charge on any atom is -0.381 e. The first-order valence-electron chi connectivity index (χ1n) is 4.14. The lowest BCUT2D eigenvalue weighted by molar-refractivity contribution is -0.0297. The Morgan fingerprint density at radius 2 is 1.93 bits per heavy atom. The van der Waals surface area contributed by atoms with Gasteiger partial charge < -0.3 is 5.11 Å². The molecule has 4 heteroatoms. The van der Waals surface area contributed by atoms with Crippen LogP contribution in [0.15, 0.2) is 18.2 Å². The predicted octanol–water partition coefficient (Wildman–Crippen LogP) is 3.32. The third-order valence-corrected chi connectivity index (χ3v) is 2.46. The Bertz CT molecular complexity index is 333. The molecule has 0 aliphatic carbocycles. The highest BCUT2D eigenvalue weighted by Crippen LogP contribution is 2.37. The Balaban J connectivity index is 3.08. The highest BCUT2D eigenvalue weighted by molar-refractivity contribution is 9.10. The molecule has 14 heavy (non-hydrogen) atoms. The van der Waals surface area contributed by atoms with E-state index in [0.717, 1.165) is 5.56 Å². The number of hydrogen-bond donors (Lipinski definition) is 1. The van der Waals surface area contributed by atoms with Crippen LogP contribution < -0.4 is 0 Å². The summed E-state index contributed by atoms with van der Waals surface area (Å²) < 4.78 is 25.5. The van der Waals surface area contributed by atoms with Crippen molar-refractivity contribution in [1.82, 2.24) is 0 Å². The normalized spacial score (nSPS) is 14.1. The average Bonchev–Trinajstić information content (AvgIpc) is 2.01. The monoisotopic (exact) mass is 264 g/mol. The largest absolute Gasteiger partial charge is 0.381 e. The van der Waals surface area contributed by atoms with Crippen LogP contribution in [0.25, 0.3) is 0 Å². The SMILES string of the molecule is Cc1ccc(C(O)C(F)(F)Br)c(C)c1. The second-order valence-electron chi connectivity index (χ2n) is 3.30. The molecule has 1 unspecified atom stereocenters. The highest BCUT2D eigenvalue weighted by Gasteiger charge is 2.36. The number of benzene rings is 1. The number of hydrogen-bond acceptors (Lipinski definition) is 1. The van der Waals surface area contributed by atoms with Crippen molar-refractivity contribution in [2.75, 3.05) is 0 Å². The zero-order valence-electron chi connectivity index (χ0n) is 7.89. The molecule has 0 heterocycles. The second-order valence-corrected chi connectivity index (χ2v) is 4.36. The van der Waals surface area contributed by atoms with E-state index in [1.54, 1.807) is 19.1 Å². The molecule has 0 aliphatic rings. The van der Waals surface area contributed by atoms with E-state index in [9.17, 15) is 13.9 Å². The lowest BCUT2D eigenvalue weighted by Crippen LogP contribution is -2.19. The number of alkyl halides is 3. The molecule has 78 valence electrons. The molecule has 0 fully saturated rings. The molecule has 1 atom stereocenters. The Kier molecular flexibility index (Phi) is 3.27. The molecule has 0 amide bonds. The van der Waals surface area contributed by atoms with Crippen LogP contribution in [0.5, 0.6) is 0 Å². The van der Waals surface area contributed by atoms with E-state index in [2.05, 4.69) is 15.9 Å². The fourth-order valence-corrected chi connectivity index (χ4v) is 1.56. The van der Waals surface area contributed by atoms with Gasteiger partial charge in [0, 0.05) is 0 Å². The topological polar surface area (TPSA) is 20.2 Å². The highest BCUT2D eigenvalue weighted by atomic mass is 79.9. The van der Waals surface area contributed by atoms with Gasteiger partial charge in [0.25, 0.3) is 0 Å². The number of aliphatic hydroxyl groups excluding tert-OH is 1. The van der Waals surface area contributed by atoms with Crippen LogP contribution in [-0.4, -0.2) is 9.94 Å². The van der Waals surface area contributed by atoms with E-state index < -0.39 is 10.9 Å². The van der Waals surface area contributed by atoms with Gasteiger partial charge in [0.1, 0.15) is 0 Å². The van der Waals surface area contributed by atoms with Crippen LogP contribution in [0.1, 0.15) is 22.8 Å². The Morgan fingerprint density at radius 1 is 1.36 bits per heavy atom. The Morgan fingerprint density at radius 3 is 2.36 bits per heavy atom. The number of aliphatic hydroxyl groups is 1. The summed E-state index contributed by atoms with van der Waals surface area (Å²) in [6.07, 6.45) is -1.80. The number of rotatable bonds is 2. The van der Waals surface area contributed by atoms with Crippen molar-refractivity contribution in [3.8, 4) is 0 Å². The fraction of sp³-hybridized carbons (Fsp3) is 0.400. The summed E-state index contributed by atoms with van der Waals surface area (Å²) in [4.78, 5) is -3.28. The molecule has 1 nitrogen and oxygen atoms in total. The van der Waals surface area contributed by atoms with Crippen LogP contribution in [-0.2, 0) is 0 Å². The molecule has 0 aromatic heterocycles. The van der Waals surface area contributed by atoms with Crippen LogP contribution >= 0.6 is 15.9 Å². The smallest absolute Gasteiger partial charge is 0.330 e. The minimum atomic E-state index is -3.28. The van der Waals surface area contributed by atoms with Gasteiger partial charge in [0.05, 0.1) is 0 Å². The van der Waals surface area contributed by atoms with Gasteiger partial charge >= 0.3 is 4.83 Å². The second kappa shape index (κ2) is 3.95. The maximum absolute atomic E-state index is 12.7. The molecule has 0 spiro atoms. The van der Waals surface area contributed by atoms with Crippen molar-refractivity contribution in [1.29, 1.82) is 0 Å². The molecule has 1 rings (SSSR count). The molecule has 1 aromatic carbocycles. The summed E-state index contributed by atoms with van der Waals surface area (Å²) in [5.41, 5.74) is 1.89. The average molecular weight is 265 g/mol. The summed E-state index contributed by atoms with van der Waals surface area (Å²) in [7, 11) is 0. The molecular formula is C10H11BrF2O. The summed E-state index contributed by atoms with van der Waals surface area (Å²) in [6, 6.07) is 4.98. The Labute approximate surface area is 89.9 Å². The van der Waals surface area contributed by atoms with Crippen molar-refractivity contribution < 1.29 is 13.9 Å². The molecule has 0 bridgehead atoms. The van der Waals surface area contributed by atoms with E-state index in [1.165, 1.54) is 6.07 Å². The first-order chi connectivity index (χ1) is 6.32. The van der Waals surface area contributed by atoms with Gasteiger partial charge in [-0.1, -0.05) is 23.8 Å². The van der Waals surface area contributed by atoms with E-state index >= 15 is 0 Å². The zero-order chi connectivity index (χ0) is 10.9. The van der Waals surface area contributed by atoms with E-state index in [1.807, 2.05) is 6.92 Å². The van der Waals surface area contributed by atoms with Gasteiger partial charge in [-0.15, -0.1) is 0 Å². The fourth-order valence-electron chi connectivity index (χ4n) is 1.31. The predicted molar refractivity (Wildman–Crippen MR) is 54.7 cm³/mol. The third-order valence-electron chi connectivity index (χ3n) is 2.03. The molecule has 0 saturated carbocycles. The van der Waals surface area contributed by atoms with Gasteiger partial charge in [0.15, 0.2) is 6.10 Å². The van der Waals surface area contributed by atoms with Gasteiger partial charge in [-0.3, -0.25) is 0 Å². The molecule has 0 saturated heterocycles. The lowest BCUT2D eigenvalue weighted by atomic mass is 10.0.